The Morgan fingerprint density at radius 1 is 1.19 bits per heavy atom. The topological polar surface area (TPSA) is 62.2 Å². The number of carbonyl (C=O) groups is 1. The molecule has 140 valence electrons. The summed E-state index contributed by atoms with van der Waals surface area (Å²) in [7, 11) is 3.13. The maximum absolute atomic E-state index is 12.8. The molecule has 1 atom stereocenters. The SMILES string of the molecule is COc1ccc(C(=O)N2CCN(CC(O)c3cccs3)CC2)c(OC)c1. The van der Waals surface area contributed by atoms with Gasteiger partial charge >= 0.3 is 0 Å². The summed E-state index contributed by atoms with van der Waals surface area (Å²) in [5.74, 6) is 1.14. The standard InChI is InChI=1S/C19H24N2O4S/c1-24-14-5-6-15(17(12-14)25-2)19(23)21-9-7-20(8-10-21)13-16(22)18-4-3-11-26-18/h3-6,11-12,16,22H,7-10,13H2,1-2H3. The number of benzene rings is 1. The molecule has 1 N–H and O–H groups in total. The van der Waals surface area contributed by atoms with Crippen molar-refractivity contribution in [1.29, 1.82) is 0 Å². The first-order chi connectivity index (χ1) is 12.6. The fourth-order valence-electron chi connectivity index (χ4n) is 3.09. The predicted octanol–water partition coefficient (Wildman–Crippen LogP) is 2.26. The Morgan fingerprint density at radius 3 is 2.58 bits per heavy atom. The summed E-state index contributed by atoms with van der Waals surface area (Å²) in [4.78, 5) is 17.8. The third-order valence-corrected chi connectivity index (χ3v) is 5.57. The molecule has 1 aromatic carbocycles. The summed E-state index contributed by atoms with van der Waals surface area (Å²) >= 11 is 1.56. The lowest BCUT2D eigenvalue weighted by Crippen LogP contribution is -2.49. The lowest BCUT2D eigenvalue weighted by atomic mass is 10.1. The van der Waals surface area contributed by atoms with Gasteiger partial charge in [-0.1, -0.05) is 6.07 Å². The van der Waals surface area contributed by atoms with Crippen LogP contribution in [0.1, 0.15) is 21.3 Å². The van der Waals surface area contributed by atoms with Crippen LogP contribution in [0.4, 0.5) is 0 Å². The molecule has 0 spiro atoms. The monoisotopic (exact) mass is 376 g/mol. The van der Waals surface area contributed by atoms with Crippen molar-refractivity contribution in [3.05, 3.63) is 46.2 Å². The molecular formula is C19H24N2O4S. The Kier molecular flexibility index (Phi) is 6.13. The maximum Gasteiger partial charge on any atom is 0.257 e. The summed E-state index contributed by atoms with van der Waals surface area (Å²) in [6.07, 6.45) is -0.473. The van der Waals surface area contributed by atoms with Gasteiger partial charge in [0, 0.05) is 43.7 Å². The van der Waals surface area contributed by atoms with E-state index in [9.17, 15) is 9.90 Å². The summed E-state index contributed by atoms with van der Waals surface area (Å²) in [6.45, 7) is 3.34. The van der Waals surface area contributed by atoms with Crippen LogP contribution in [0.25, 0.3) is 0 Å². The molecule has 1 aromatic heterocycles. The molecule has 1 aliphatic heterocycles. The number of ether oxygens (including phenoxy) is 2. The van der Waals surface area contributed by atoms with Gasteiger partial charge in [-0.25, -0.2) is 0 Å². The molecule has 1 aliphatic rings. The van der Waals surface area contributed by atoms with Gasteiger partial charge in [0.05, 0.1) is 19.8 Å². The molecule has 3 rings (SSSR count). The van der Waals surface area contributed by atoms with E-state index in [0.29, 0.717) is 36.7 Å². The molecule has 6 nitrogen and oxygen atoms in total. The summed E-state index contributed by atoms with van der Waals surface area (Å²) in [5, 5.41) is 12.3. The number of hydrogen-bond acceptors (Lipinski definition) is 6. The van der Waals surface area contributed by atoms with Gasteiger partial charge in [-0.15, -0.1) is 11.3 Å². The highest BCUT2D eigenvalue weighted by molar-refractivity contribution is 7.10. The smallest absolute Gasteiger partial charge is 0.257 e. The summed E-state index contributed by atoms with van der Waals surface area (Å²) in [5.41, 5.74) is 0.542. The van der Waals surface area contributed by atoms with Gasteiger partial charge in [-0.05, 0) is 23.6 Å². The number of carbonyl (C=O) groups excluding carboxylic acids is 1. The number of methoxy groups -OCH3 is 2. The van der Waals surface area contributed by atoms with Crippen LogP contribution in [-0.4, -0.2) is 67.8 Å². The Balaban J connectivity index is 1.58. The highest BCUT2D eigenvalue weighted by Crippen LogP contribution is 2.26. The molecular weight excluding hydrogens is 352 g/mol. The van der Waals surface area contributed by atoms with Gasteiger partial charge in [0.15, 0.2) is 0 Å². The first kappa shape index (κ1) is 18.7. The zero-order valence-corrected chi connectivity index (χ0v) is 15.9. The summed E-state index contributed by atoms with van der Waals surface area (Å²) < 4.78 is 10.5. The third-order valence-electron chi connectivity index (χ3n) is 4.60. The second kappa shape index (κ2) is 8.53. The van der Waals surface area contributed by atoms with Crippen molar-refractivity contribution in [3.63, 3.8) is 0 Å². The van der Waals surface area contributed by atoms with E-state index in [1.54, 1.807) is 43.8 Å². The molecule has 0 saturated carbocycles. The van der Waals surface area contributed by atoms with Crippen LogP contribution in [-0.2, 0) is 0 Å². The van der Waals surface area contributed by atoms with Crippen LogP contribution < -0.4 is 9.47 Å². The van der Waals surface area contributed by atoms with Crippen LogP contribution in [0.15, 0.2) is 35.7 Å². The summed E-state index contributed by atoms with van der Waals surface area (Å²) in [6, 6.07) is 9.13. The Labute approximate surface area is 157 Å². The molecule has 0 bridgehead atoms. The number of aliphatic hydroxyl groups excluding tert-OH is 1. The number of piperazine rings is 1. The van der Waals surface area contributed by atoms with E-state index >= 15 is 0 Å². The van der Waals surface area contributed by atoms with E-state index in [2.05, 4.69) is 4.90 Å². The number of thiophene rings is 1. The molecule has 26 heavy (non-hydrogen) atoms. The first-order valence-corrected chi connectivity index (χ1v) is 9.45. The van der Waals surface area contributed by atoms with E-state index in [-0.39, 0.29) is 5.91 Å². The third kappa shape index (κ3) is 4.17. The second-order valence-corrected chi connectivity index (χ2v) is 7.17. The van der Waals surface area contributed by atoms with Crippen LogP contribution in [0, 0.1) is 0 Å². The molecule has 2 aromatic rings. The Hall–Kier alpha value is -2.09. The molecule has 2 heterocycles. The number of β-amino-alcohol motifs (C(OH)–C–C–N with tert-alkyl or cyclic N) is 1. The Bertz CT molecular complexity index is 727. The molecule has 1 fully saturated rings. The normalized spacial score (nSPS) is 16.3. The minimum Gasteiger partial charge on any atom is -0.497 e. The van der Waals surface area contributed by atoms with Crippen LogP contribution in [0.3, 0.4) is 0 Å². The zero-order chi connectivity index (χ0) is 18.5. The lowest BCUT2D eigenvalue weighted by molar-refractivity contribution is 0.0530. The van der Waals surface area contributed by atoms with Crippen molar-refractivity contribution in [2.75, 3.05) is 46.9 Å². The molecule has 0 radical (unpaired) electrons. The van der Waals surface area contributed by atoms with E-state index in [0.717, 1.165) is 18.0 Å². The van der Waals surface area contributed by atoms with Crippen LogP contribution in [0.2, 0.25) is 0 Å². The van der Waals surface area contributed by atoms with Gasteiger partial charge in [-0.3, -0.25) is 9.69 Å². The second-order valence-electron chi connectivity index (χ2n) is 6.19. The van der Waals surface area contributed by atoms with Crippen molar-refractivity contribution < 1.29 is 19.4 Å². The van der Waals surface area contributed by atoms with E-state index in [4.69, 9.17) is 9.47 Å². The maximum atomic E-state index is 12.8. The minimum absolute atomic E-state index is 0.0389. The van der Waals surface area contributed by atoms with Crippen molar-refractivity contribution >= 4 is 17.2 Å². The first-order valence-electron chi connectivity index (χ1n) is 8.57. The highest BCUT2D eigenvalue weighted by atomic mass is 32.1. The predicted molar refractivity (Wildman–Crippen MR) is 101 cm³/mol. The lowest BCUT2D eigenvalue weighted by Gasteiger charge is -2.35. The molecule has 0 aliphatic carbocycles. The zero-order valence-electron chi connectivity index (χ0n) is 15.1. The average Bonchev–Trinajstić information content (AvgIpc) is 3.22. The quantitative estimate of drug-likeness (QED) is 0.838. The average molecular weight is 376 g/mol. The molecule has 1 unspecified atom stereocenters. The van der Waals surface area contributed by atoms with Crippen molar-refractivity contribution in [2.24, 2.45) is 0 Å². The van der Waals surface area contributed by atoms with Gasteiger partial charge < -0.3 is 19.5 Å². The van der Waals surface area contributed by atoms with Gasteiger partial charge in [0.25, 0.3) is 5.91 Å². The van der Waals surface area contributed by atoms with Gasteiger partial charge in [0.1, 0.15) is 17.6 Å². The van der Waals surface area contributed by atoms with Crippen molar-refractivity contribution in [2.45, 2.75) is 6.10 Å². The van der Waals surface area contributed by atoms with Gasteiger partial charge in [0.2, 0.25) is 0 Å². The fourth-order valence-corrected chi connectivity index (χ4v) is 3.80. The largest absolute Gasteiger partial charge is 0.497 e. The van der Waals surface area contributed by atoms with Crippen molar-refractivity contribution in [3.8, 4) is 11.5 Å². The number of amides is 1. The van der Waals surface area contributed by atoms with E-state index in [1.165, 1.54) is 0 Å². The Morgan fingerprint density at radius 2 is 1.96 bits per heavy atom. The van der Waals surface area contributed by atoms with Gasteiger partial charge in [-0.2, -0.15) is 0 Å². The number of rotatable bonds is 6. The number of hydrogen-bond donors (Lipinski definition) is 1. The van der Waals surface area contributed by atoms with E-state index in [1.807, 2.05) is 22.4 Å². The number of nitrogens with zero attached hydrogens (tertiary/aromatic N) is 2. The van der Waals surface area contributed by atoms with E-state index < -0.39 is 6.10 Å². The number of aliphatic hydroxyl groups is 1. The van der Waals surface area contributed by atoms with Crippen LogP contribution >= 0.6 is 11.3 Å². The van der Waals surface area contributed by atoms with Crippen molar-refractivity contribution in [1.82, 2.24) is 9.80 Å². The minimum atomic E-state index is -0.473. The fraction of sp³-hybridized carbons (Fsp3) is 0.421. The molecule has 1 saturated heterocycles. The van der Waals surface area contributed by atoms with Crippen LogP contribution in [0.5, 0.6) is 11.5 Å². The molecule has 1 amide bonds. The highest BCUT2D eigenvalue weighted by Gasteiger charge is 2.25. The molecule has 7 heteroatoms.